The van der Waals surface area contributed by atoms with Gasteiger partial charge in [0.05, 0.1) is 17.1 Å². The lowest BCUT2D eigenvalue weighted by Gasteiger charge is -2.16. The van der Waals surface area contributed by atoms with Crippen LogP contribution >= 0.6 is 0 Å². The molecule has 0 aromatic heterocycles. The quantitative estimate of drug-likeness (QED) is 0.631. The van der Waals surface area contributed by atoms with Crippen LogP contribution in [-0.4, -0.2) is 58.1 Å². The maximum atomic E-state index is 11.9. The Morgan fingerprint density at radius 2 is 1.77 bits per heavy atom. The molecular formula is C12H18N2O6S2. The average Bonchev–Trinajstić information content (AvgIpc) is 2.45. The minimum absolute atomic E-state index is 0.0478. The Hall–Kier alpha value is -1.49. The number of rotatable bonds is 9. The fourth-order valence-corrected chi connectivity index (χ4v) is 3.76. The first kappa shape index (κ1) is 18.6. The van der Waals surface area contributed by atoms with Gasteiger partial charge < -0.3 is 5.11 Å². The number of carboxylic acid groups (broad SMARTS) is 1. The molecule has 22 heavy (non-hydrogen) atoms. The van der Waals surface area contributed by atoms with Crippen LogP contribution in [0.1, 0.15) is 6.42 Å². The van der Waals surface area contributed by atoms with E-state index in [9.17, 15) is 21.6 Å². The summed E-state index contributed by atoms with van der Waals surface area (Å²) in [4.78, 5) is 10.5. The Morgan fingerprint density at radius 1 is 1.18 bits per heavy atom. The van der Waals surface area contributed by atoms with Crippen molar-refractivity contribution in [1.29, 1.82) is 0 Å². The Balaban J connectivity index is 2.57. The van der Waals surface area contributed by atoms with E-state index in [0.29, 0.717) is 0 Å². The number of sulfonamides is 2. The first-order chi connectivity index (χ1) is 10.1. The van der Waals surface area contributed by atoms with Gasteiger partial charge in [-0.2, -0.15) is 0 Å². The lowest BCUT2D eigenvalue weighted by Crippen LogP contribution is -2.36. The third-order valence-corrected chi connectivity index (χ3v) is 6.15. The number of hydrogen-bond acceptors (Lipinski definition) is 5. The van der Waals surface area contributed by atoms with Crippen LogP contribution in [-0.2, 0) is 24.8 Å². The molecule has 0 spiro atoms. The number of aliphatic carboxylic acids is 1. The number of hydrogen-bond donors (Lipinski definition) is 2. The minimum atomic E-state index is -3.76. The van der Waals surface area contributed by atoms with Gasteiger partial charge in [-0.3, -0.25) is 4.79 Å². The summed E-state index contributed by atoms with van der Waals surface area (Å²) in [6, 6.07) is 7.59. The molecule has 0 aliphatic carbocycles. The molecule has 1 aromatic carbocycles. The van der Waals surface area contributed by atoms with Crippen LogP contribution in [0.15, 0.2) is 35.2 Å². The van der Waals surface area contributed by atoms with Gasteiger partial charge in [-0.05, 0) is 12.1 Å². The third-order valence-electron chi connectivity index (χ3n) is 2.82. The number of carboxylic acids is 1. The molecule has 0 saturated heterocycles. The first-order valence-electron chi connectivity index (χ1n) is 6.36. The topological polar surface area (TPSA) is 121 Å². The summed E-state index contributed by atoms with van der Waals surface area (Å²) >= 11 is 0. The number of carbonyl (C=O) groups is 1. The standard InChI is InChI=1S/C12H18N2O6S2/c1-14(9-7-12(15)16)21(17,18)10-8-13-22(19,20)11-5-3-2-4-6-11/h2-6,13H,7-10H2,1H3,(H,15,16). The summed E-state index contributed by atoms with van der Waals surface area (Å²) in [6.45, 7) is -0.458. The zero-order valence-corrected chi connectivity index (χ0v) is 13.6. The van der Waals surface area contributed by atoms with Crippen molar-refractivity contribution in [1.82, 2.24) is 9.03 Å². The second-order valence-electron chi connectivity index (χ2n) is 4.49. The summed E-state index contributed by atoms with van der Waals surface area (Å²) in [5.74, 6) is -1.55. The van der Waals surface area contributed by atoms with Crippen molar-refractivity contribution in [3.8, 4) is 0 Å². The van der Waals surface area contributed by atoms with Gasteiger partial charge in [0.2, 0.25) is 20.0 Å². The highest BCUT2D eigenvalue weighted by Crippen LogP contribution is 2.07. The van der Waals surface area contributed by atoms with Gasteiger partial charge in [0.1, 0.15) is 0 Å². The minimum Gasteiger partial charge on any atom is -0.481 e. The van der Waals surface area contributed by atoms with Crippen LogP contribution in [0.4, 0.5) is 0 Å². The SMILES string of the molecule is CN(CCC(=O)O)S(=O)(=O)CCNS(=O)(=O)c1ccccc1. The van der Waals surface area contributed by atoms with E-state index in [1.54, 1.807) is 18.2 Å². The summed E-state index contributed by atoms with van der Waals surface area (Å²) < 4.78 is 50.6. The van der Waals surface area contributed by atoms with E-state index in [4.69, 9.17) is 5.11 Å². The van der Waals surface area contributed by atoms with Crippen LogP contribution in [0.25, 0.3) is 0 Å². The van der Waals surface area contributed by atoms with Crippen LogP contribution in [0.2, 0.25) is 0 Å². The molecule has 0 aliphatic rings. The van der Waals surface area contributed by atoms with Crippen LogP contribution in [0.3, 0.4) is 0 Å². The molecule has 1 rings (SSSR count). The van der Waals surface area contributed by atoms with E-state index >= 15 is 0 Å². The van der Waals surface area contributed by atoms with Crippen molar-refractivity contribution in [3.05, 3.63) is 30.3 Å². The number of nitrogens with zero attached hydrogens (tertiary/aromatic N) is 1. The molecule has 0 unspecified atom stereocenters. The summed E-state index contributed by atoms with van der Waals surface area (Å²) in [5, 5.41) is 8.52. The van der Waals surface area contributed by atoms with E-state index in [1.165, 1.54) is 19.2 Å². The molecule has 0 saturated carbocycles. The Labute approximate surface area is 129 Å². The number of nitrogens with one attached hydrogen (secondary N) is 1. The fraction of sp³-hybridized carbons (Fsp3) is 0.417. The Bertz CT molecular complexity index is 700. The molecule has 0 fully saturated rings. The normalized spacial score (nSPS) is 12.5. The molecule has 2 N–H and O–H groups in total. The zero-order valence-electron chi connectivity index (χ0n) is 12.0. The fourth-order valence-electron chi connectivity index (χ4n) is 1.54. The van der Waals surface area contributed by atoms with Gasteiger partial charge >= 0.3 is 5.97 Å². The van der Waals surface area contributed by atoms with Crippen LogP contribution in [0, 0.1) is 0 Å². The highest BCUT2D eigenvalue weighted by molar-refractivity contribution is 7.90. The maximum absolute atomic E-state index is 11.9. The van der Waals surface area contributed by atoms with E-state index in [1.807, 2.05) is 0 Å². The molecule has 10 heteroatoms. The molecule has 0 aliphatic heterocycles. The summed E-state index contributed by atoms with van der Waals surface area (Å²) in [5.41, 5.74) is 0. The zero-order chi connectivity index (χ0) is 16.8. The third kappa shape index (κ3) is 5.72. The van der Waals surface area contributed by atoms with Gasteiger partial charge in [-0.1, -0.05) is 18.2 Å². The lowest BCUT2D eigenvalue weighted by molar-refractivity contribution is -0.137. The van der Waals surface area contributed by atoms with Crippen LogP contribution in [0.5, 0.6) is 0 Å². The predicted molar refractivity (Wildman–Crippen MR) is 80.3 cm³/mol. The van der Waals surface area contributed by atoms with E-state index in [2.05, 4.69) is 4.72 Å². The van der Waals surface area contributed by atoms with Gasteiger partial charge in [-0.15, -0.1) is 0 Å². The van der Waals surface area contributed by atoms with Crippen molar-refractivity contribution in [2.24, 2.45) is 0 Å². The largest absolute Gasteiger partial charge is 0.481 e. The monoisotopic (exact) mass is 350 g/mol. The lowest BCUT2D eigenvalue weighted by atomic mass is 10.4. The molecule has 0 bridgehead atoms. The molecule has 124 valence electrons. The second kappa shape index (κ2) is 7.68. The predicted octanol–water partition coefficient (Wildman–Crippen LogP) is -0.299. The van der Waals surface area contributed by atoms with Crippen molar-refractivity contribution < 1.29 is 26.7 Å². The Morgan fingerprint density at radius 3 is 2.32 bits per heavy atom. The van der Waals surface area contributed by atoms with Crippen molar-refractivity contribution in [3.63, 3.8) is 0 Å². The van der Waals surface area contributed by atoms with Gasteiger partial charge in [0.15, 0.2) is 0 Å². The molecule has 1 aromatic rings. The van der Waals surface area contributed by atoms with E-state index < -0.39 is 31.8 Å². The second-order valence-corrected chi connectivity index (χ2v) is 8.45. The molecule has 8 nitrogen and oxygen atoms in total. The summed E-state index contributed by atoms with van der Waals surface area (Å²) in [7, 11) is -6.22. The van der Waals surface area contributed by atoms with Crippen molar-refractivity contribution >= 4 is 26.0 Å². The van der Waals surface area contributed by atoms with Gasteiger partial charge in [0.25, 0.3) is 0 Å². The maximum Gasteiger partial charge on any atom is 0.304 e. The molecule has 0 heterocycles. The first-order valence-corrected chi connectivity index (χ1v) is 9.45. The van der Waals surface area contributed by atoms with E-state index in [-0.39, 0.29) is 24.4 Å². The molecule has 0 amide bonds. The average molecular weight is 350 g/mol. The van der Waals surface area contributed by atoms with Crippen molar-refractivity contribution in [2.75, 3.05) is 25.9 Å². The molecule has 0 radical (unpaired) electrons. The smallest absolute Gasteiger partial charge is 0.304 e. The highest BCUT2D eigenvalue weighted by atomic mass is 32.2. The van der Waals surface area contributed by atoms with Crippen molar-refractivity contribution in [2.45, 2.75) is 11.3 Å². The molecule has 0 atom stereocenters. The van der Waals surface area contributed by atoms with Gasteiger partial charge in [0, 0.05) is 20.1 Å². The molecular weight excluding hydrogens is 332 g/mol. The Kier molecular flexibility index (Phi) is 6.48. The van der Waals surface area contributed by atoms with Gasteiger partial charge in [-0.25, -0.2) is 25.9 Å². The highest BCUT2D eigenvalue weighted by Gasteiger charge is 2.20. The number of benzene rings is 1. The summed E-state index contributed by atoms with van der Waals surface area (Å²) in [6.07, 6.45) is -0.314. The van der Waals surface area contributed by atoms with E-state index in [0.717, 1.165) is 4.31 Å². The van der Waals surface area contributed by atoms with Crippen LogP contribution < -0.4 is 4.72 Å².